The molecule has 1 aromatic carbocycles. The fourth-order valence-corrected chi connectivity index (χ4v) is 2.84. The Morgan fingerprint density at radius 2 is 2.19 bits per heavy atom. The first-order chi connectivity index (χ1) is 10.2. The zero-order chi connectivity index (χ0) is 14.7. The molecule has 5 heteroatoms. The number of nitrogens with zero attached hydrogens (tertiary/aromatic N) is 1. The fourth-order valence-electron chi connectivity index (χ4n) is 2.66. The molecular formula is C16H16ClN2O2. The first-order valence-electron chi connectivity index (χ1n) is 6.96. The Morgan fingerprint density at radius 3 is 3.00 bits per heavy atom. The Balaban J connectivity index is 1.70. The molecule has 109 valence electrons. The standard InChI is InChI=1S/C16H16ClN2O2/c17-12-2-1-3-13(7-12)21-14-6-11(8-19-9-14)15-10-18-5-4-16(15)20/h1-5,7,10-11,14,19H,6,8-9H2. The highest BCUT2D eigenvalue weighted by Gasteiger charge is 2.26. The Kier molecular flexibility index (Phi) is 4.27. The van der Waals surface area contributed by atoms with Gasteiger partial charge in [0.05, 0.1) is 0 Å². The van der Waals surface area contributed by atoms with Crippen molar-refractivity contribution in [3.05, 3.63) is 53.3 Å². The van der Waals surface area contributed by atoms with Gasteiger partial charge in [-0.05, 0) is 24.6 Å². The minimum atomic E-state index is 0.0156. The third kappa shape index (κ3) is 3.46. The molecule has 1 saturated heterocycles. The molecule has 1 radical (unpaired) electrons. The summed E-state index contributed by atoms with van der Waals surface area (Å²) in [5.41, 5.74) is 0.754. The number of hydrogen-bond donors (Lipinski definition) is 1. The van der Waals surface area contributed by atoms with Crippen molar-refractivity contribution in [2.24, 2.45) is 0 Å². The van der Waals surface area contributed by atoms with E-state index >= 15 is 0 Å². The molecular weight excluding hydrogens is 288 g/mol. The number of piperidine rings is 1. The van der Waals surface area contributed by atoms with Crippen LogP contribution in [0.1, 0.15) is 17.9 Å². The summed E-state index contributed by atoms with van der Waals surface area (Å²) in [7, 11) is 0. The van der Waals surface area contributed by atoms with E-state index in [9.17, 15) is 5.11 Å². The number of ether oxygens (including phenoxy) is 1. The quantitative estimate of drug-likeness (QED) is 0.945. The van der Waals surface area contributed by atoms with Crippen molar-refractivity contribution in [3.63, 3.8) is 0 Å². The lowest BCUT2D eigenvalue weighted by Gasteiger charge is -2.30. The average Bonchev–Trinajstić information content (AvgIpc) is 2.48. The van der Waals surface area contributed by atoms with Crippen LogP contribution >= 0.6 is 11.6 Å². The van der Waals surface area contributed by atoms with Gasteiger partial charge in [-0.15, -0.1) is 0 Å². The predicted molar refractivity (Wildman–Crippen MR) is 80.5 cm³/mol. The Morgan fingerprint density at radius 1 is 1.29 bits per heavy atom. The molecule has 0 amide bonds. The highest BCUT2D eigenvalue weighted by atomic mass is 35.5. The number of pyridine rings is 1. The molecule has 2 aromatic rings. The van der Waals surface area contributed by atoms with Crippen LogP contribution in [0.15, 0.2) is 42.7 Å². The van der Waals surface area contributed by atoms with E-state index in [4.69, 9.17) is 16.3 Å². The van der Waals surface area contributed by atoms with Gasteiger partial charge >= 0.3 is 0 Å². The van der Waals surface area contributed by atoms with Crippen LogP contribution < -0.4 is 10.1 Å². The monoisotopic (exact) mass is 303 g/mol. The summed E-state index contributed by atoms with van der Waals surface area (Å²) in [5.74, 6) is 0.924. The zero-order valence-corrected chi connectivity index (χ0v) is 12.2. The highest BCUT2D eigenvalue weighted by molar-refractivity contribution is 6.30. The van der Waals surface area contributed by atoms with E-state index in [0.717, 1.165) is 30.8 Å². The summed E-state index contributed by atoms with van der Waals surface area (Å²) >= 11 is 5.96. The van der Waals surface area contributed by atoms with Crippen LogP contribution in [-0.4, -0.2) is 24.2 Å². The van der Waals surface area contributed by atoms with Gasteiger partial charge in [0, 0.05) is 48.1 Å². The number of rotatable bonds is 3. The van der Waals surface area contributed by atoms with E-state index in [1.807, 2.05) is 18.2 Å². The minimum absolute atomic E-state index is 0.0156. The molecule has 0 saturated carbocycles. The van der Waals surface area contributed by atoms with Crippen LogP contribution in [0.5, 0.6) is 11.5 Å². The Hall–Kier alpha value is -1.78. The lowest BCUT2D eigenvalue weighted by atomic mass is 9.90. The van der Waals surface area contributed by atoms with E-state index in [1.165, 1.54) is 12.3 Å². The summed E-state index contributed by atoms with van der Waals surface area (Å²) in [6.07, 6.45) is 4.00. The number of halogens is 1. The zero-order valence-electron chi connectivity index (χ0n) is 11.5. The Bertz CT molecular complexity index is 621. The summed E-state index contributed by atoms with van der Waals surface area (Å²) in [5, 5.41) is 15.9. The summed E-state index contributed by atoms with van der Waals surface area (Å²) in [6.45, 7) is 1.54. The lowest BCUT2D eigenvalue weighted by Crippen LogP contribution is -2.41. The van der Waals surface area contributed by atoms with E-state index in [-0.39, 0.29) is 17.8 Å². The van der Waals surface area contributed by atoms with Crippen LogP contribution in [0, 0.1) is 0 Å². The fraction of sp³-hybridized carbons (Fsp3) is 0.312. The largest absolute Gasteiger partial charge is 0.489 e. The van der Waals surface area contributed by atoms with Gasteiger partial charge in [0.15, 0.2) is 5.75 Å². The predicted octanol–water partition coefficient (Wildman–Crippen LogP) is 3.40. The van der Waals surface area contributed by atoms with Crippen molar-refractivity contribution < 1.29 is 9.84 Å². The molecule has 1 aliphatic heterocycles. The van der Waals surface area contributed by atoms with E-state index < -0.39 is 0 Å². The normalized spacial score (nSPS) is 22.0. The van der Waals surface area contributed by atoms with Gasteiger partial charge < -0.3 is 10.1 Å². The van der Waals surface area contributed by atoms with Crippen LogP contribution in [0.2, 0.25) is 5.02 Å². The third-order valence-electron chi connectivity index (χ3n) is 3.66. The number of aromatic nitrogens is 1. The van der Waals surface area contributed by atoms with Gasteiger partial charge in [-0.25, -0.2) is 0 Å². The number of benzene rings is 1. The van der Waals surface area contributed by atoms with Crippen LogP contribution in [0.4, 0.5) is 0 Å². The SMILES string of the molecule is [O]c1ccncc1C1CNCC(Oc2cccc(Cl)c2)C1. The van der Waals surface area contributed by atoms with Crippen LogP contribution in [0.25, 0.3) is 0 Å². The van der Waals surface area contributed by atoms with Crippen molar-refractivity contribution in [1.82, 2.24) is 10.3 Å². The van der Waals surface area contributed by atoms with Gasteiger partial charge in [0.2, 0.25) is 0 Å². The molecule has 4 nitrogen and oxygen atoms in total. The lowest BCUT2D eigenvalue weighted by molar-refractivity contribution is 0.154. The van der Waals surface area contributed by atoms with E-state index in [0.29, 0.717) is 5.02 Å². The second kappa shape index (κ2) is 6.33. The van der Waals surface area contributed by atoms with E-state index in [2.05, 4.69) is 10.3 Å². The van der Waals surface area contributed by atoms with Crippen molar-refractivity contribution in [2.45, 2.75) is 18.4 Å². The van der Waals surface area contributed by atoms with Gasteiger partial charge in [-0.1, -0.05) is 17.7 Å². The molecule has 1 aliphatic rings. The average molecular weight is 304 g/mol. The van der Waals surface area contributed by atoms with Crippen molar-refractivity contribution in [2.75, 3.05) is 13.1 Å². The molecule has 0 aliphatic carbocycles. The maximum Gasteiger partial charge on any atom is 0.185 e. The van der Waals surface area contributed by atoms with Gasteiger partial charge in [0.1, 0.15) is 11.9 Å². The molecule has 2 atom stereocenters. The summed E-state index contributed by atoms with van der Waals surface area (Å²) in [4.78, 5) is 4.06. The van der Waals surface area contributed by atoms with Crippen molar-refractivity contribution in [3.8, 4) is 11.5 Å². The maximum atomic E-state index is 11.9. The van der Waals surface area contributed by atoms with Gasteiger partial charge in [-0.2, -0.15) is 0 Å². The second-order valence-electron chi connectivity index (χ2n) is 5.20. The maximum absolute atomic E-state index is 11.9. The molecule has 21 heavy (non-hydrogen) atoms. The van der Waals surface area contributed by atoms with Gasteiger partial charge in [0.25, 0.3) is 0 Å². The first-order valence-corrected chi connectivity index (χ1v) is 7.34. The topological polar surface area (TPSA) is 54.0 Å². The van der Waals surface area contributed by atoms with Crippen LogP contribution in [0.3, 0.4) is 0 Å². The molecule has 2 unspecified atom stereocenters. The summed E-state index contributed by atoms with van der Waals surface area (Å²) in [6, 6.07) is 8.88. The van der Waals surface area contributed by atoms with Gasteiger partial charge in [-0.3, -0.25) is 10.1 Å². The third-order valence-corrected chi connectivity index (χ3v) is 3.89. The second-order valence-corrected chi connectivity index (χ2v) is 5.64. The molecule has 0 bridgehead atoms. The smallest absolute Gasteiger partial charge is 0.185 e. The Labute approximate surface area is 128 Å². The van der Waals surface area contributed by atoms with E-state index in [1.54, 1.807) is 12.3 Å². The molecule has 2 heterocycles. The van der Waals surface area contributed by atoms with Crippen LogP contribution in [-0.2, 0) is 5.11 Å². The molecule has 1 N–H and O–H groups in total. The molecule has 0 spiro atoms. The molecule has 3 rings (SSSR count). The van der Waals surface area contributed by atoms with Crippen molar-refractivity contribution in [1.29, 1.82) is 0 Å². The molecule has 1 aromatic heterocycles. The number of hydrogen-bond acceptors (Lipinski definition) is 3. The first kappa shape index (κ1) is 14.2. The number of nitrogens with one attached hydrogen (secondary N) is 1. The van der Waals surface area contributed by atoms with Crippen molar-refractivity contribution >= 4 is 11.6 Å². The minimum Gasteiger partial charge on any atom is -0.489 e. The molecule has 1 fully saturated rings. The highest BCUT2D eigenvalue weighted by Crippen LogP contribution is 2.31. The summed E-state index contributed by atoms with van der Waals surface area (Å²) < 4.78 is 5.96.